The van der Waals surface area contributed by atoms with Gasteiger partial charge in [-0.2, -0.15) is 0 Å². The fourth-order valence-electron chi connectivity index (χ4n) is 8.81. The van der Waals surface area contributed by atoms with Gasteiger partial charge >= 0.3 is 0 Å². The summed E-state index contributed by atoms with van der Waals surface area (Å²) in [6.07, 6.45) is 11.9. The largest absolute Gasteiger partial charge is 0.398 e. The molecule has 0 radical (unpaired) electrons. The van der Waals surface area contributed by atoms with Crippen LogP contribution in [0.3, 0.4) is 0 Å². The molecule has 2 saturated carbocycles. The first kappa shape index (κ1) is 30.1. The third-order valence-electron chi connectivity index (χ3n) is 11.1. The molecule has 0 bridgehead atoms. The Morgan fingerprint density at radius 1 is 0.622 bits per heavy atom. The van der Waals surface area contributed by atoms with Crippen LogP contribution in [0.2, 0.25) is 0 Å². The van der Waals surface area contributed by atoms with Gasteiger partial charge in [-0.3, -0.25) is 0 Å². The standard InChI is InChI=1S/C39H45N3O2S/c1-24-19-28(21-33(37(24)40)26-11-5-3-6-12-26)39(29-20-25(2)38(41)34(22-29)27-13-7-4-8-14-27)35-16-10-9-15-31(35)32-18-17-30(23-36(32)39)45(42,43)44/h9-10,15-23,26-27H,3-8,11-14,40-41H2,1-2H3,(H2,42,43,44). The zero-order chi connectivity index (χ0) is 31.5. The summed E-state index contributed by atoms with van der Waals surface area (Å²) in [6.45, 7) is 4.23. The Balaban J connectivity index is 1.60. The van der Waals surface area contributed by atoms with Crippen molar-refractivity contribution in [2.75, 3.05) is 11.5 Å². The molecule has 6 N–H and O–H groups in total. The van der Waals surface area contributed by atoms with Crippen molar-refractivity contribution in [2.24, 2.45) is 5.14 Å². The summed E-state index contributed by atoms with van der Waals surface area (Å²) in [4.78, 5) is 0.123. The molecule has 3 aliphatic rings. The van der Waals surface area contributed by atoms with Crippen molar-refractivity contribution in [3.63, 3.8) is 0 Å². The van der Waals surface area contributed by atoms with Gasteiger partial charge in [0.05, 0.1) is 10.3 Å². The molecule has 2 fully saturated rings. The highest BCUT2D eigenvalue weighted by Gasteiger charge is 2.47. The molecule has 0 aliphatic heterocycles. The van der Waals surface area contributed by atoms with Crippen molar-refractivity contribution < 1.29 is 8.42 Å². The van der Waals surface area contributed by atoms with E-state index in [1.807, 2.05) is 12.1 Å². The first-order valence-electron chi connectivity index (χ1n) is 16.7. The number of nitrogens with two attached hydrogens (primary N) is 3. The summed E-state index contributed by atoms with van der Waals surface area (Å²) < 4.78 is 25.7. The molecule has 7 rings (SSSR count). The zero-order valence-corrected chi connectivity index (χ0v) is 27.3. The number of hydrogen-bond acceptors (Lipinski definition) is 4. The molecule has 0 heterocycles. The minimum Gasteiger partial charge on any atom is -0.398 e. The zero-order valence-electron chi connectivity index (χ0n) is 26.5. The van der Waals surface area contributed by atoms with Gasteiger partial charge in [0.2, 0.25) is 10.0 Å². The number of anilines is 2. The average Bonchev–Trinajstić information content (AvgIpc) is 3.34. The van der Waals surface area contributed by atoms with E-state index in [1.54, 1.807) is 6.07 Å². The molecule has 4 aromatic carbocycles. The second kappa shape index (κ2) is 11.3. The second-order valence-corrected chi connectivity index (χ2v) is 15.4. The van der Waals surface area contributed by atoms with Gasteiger partial charge in [0.25, 0.3) is 0 Å². The number of aryl methyl sites for hydroxylation is 2. The molecule has 0 saturated heterocycles. The number of benzene rings is 4. The Morgan fingerprint density at radius 3 is 1.62 bits per heavy atom. The molecule has 45 heavy (non-hydrogen) atoms. The number of primary sulfonamides is 1. The van der Waals surface area contributed by atoms with E-state index in [0.29, 0.717) is 11.8 Å². The monoisotopic (exact) mass is 619 g/mol. The van der Waals surface area contributed by atoms with Gasteiger partial charge in [-0.05, 0) is 119 Å². The van der Waals surface area contributed by atoms with E-state index in [2.05, 4.69) is 62.4 Å². The first-order chi connectivity index (χ1) is 21.6. The SMILES string of the molecule is Cc1cc(C2(c3cc(C)c(N)c(C4CCCCC4)c3)c3ccccc3-c3ccc(S(N)(=O)=O)cc32)cc(C2CCCCC2)c1N. The molecule has 5 nitrogen and oxygen atoms in total. The van der Waals surface area contributed by atoms with Crippen LogP contribution in [0.4, 0.5) is 11.4 Å². The number of rotatable bonds is 5. The van der Waals surface area contributed by atoms with Gasteiger partial charge in [0.15, 0.2) is 0 Å². The third kappa shape index (κ3) is 4.88. The van der Waals surface area contributed by atoms with Crippen molar-refractivity contribution in [2.45, 2.75) is 100 Å². The molecule has 0 aromatic heterocycles. The lowest BCUT2D eigenvalue weighted by molar-refractivity contribution is 0.443. The van der Waals surface area contributed by atoms with E-state index in [0.717, 1.165) is 81.6 Å². The van der Waals surface area contributed by atoms with Gasteiger partial charge in [-0.1, -0.05) is 93.1 Å². The highest BCUT2D eigenvalue weighted by atomic mass is 32.2. The topological polar surface area (TPSA) is 112 Å². The molecule has 234 valence electrons. The van der Waals surface area contributed by atoms with Gasteiger partial charge < -0.3 is 11.5 Å². The highest BCUT2D eigenvalue weighted by molar-refractivity contribution is 7.89. The van der Waals surface area contributed by atoms with Crippen molar-refractivity contribution in [3.8, 4) is 11.1 Å². The van der Waals surface area contributed by atoms with Crippen molar-refractivity contribution >= 4 is 21.4 Å². The Labute approximate surface area is 268 Å². The second-order valence-electron chi connectivity index (χ2n) is 13.8. The van der Waals surface area contributed by atoms with E-state index < -0.39 is 15.4 Å². The Bertz CT molecular complexity index is 1830. The van der Waals surface area contributed by atoms with Crippen LogP contribution in [-0.2, 0) is 15.4 Å². The molecular formula is C39H45N3O2S. The van der Waals surface area contributed by atoms with E-state index in [4.69, 9.17) is 16.6 Å². The summed E-state index contributed by atoms with van der Waals surface area (Å²) in [5.41, 5.74) is 25.7. The summed E-state index contributed by atoms with van der Waals surface area (Å²) in [5.74, 6) is 0.819. The lowest BCUT2D eigenvalue weighted by Crippen LogP contribution is -2.30. The average molecular weight is 620 g/mol. The maximum absolute atomic E-state index is 12.9. The van der Waals surface area contributed by atoms with Gasteiger partial charge in [-0.15, -0.1) is 0 Å². The molecule has 0 spiro atoms. The minimum atomic E-state index is -3.95. The van der Waals surface area contributed by atoms with Crippen LogP contribution in [0.15, 0.2) is 71.6 Å². The smallest absolute Gasteiger partial charge is 0.238 e. The number of nitrogen functional groups attached to an aromatic ring is 2. The van der Waals surface area contributed by atoms with Gasteiger partial charge in [0, 0.05) is 11.4 Å². The predicted octanol–water partition coefficient (Wildman–Crippen LogP) is 8.57. The molecule has 0 unspecified atom stereocenters. The van der Waals surface area contributed by atoms with Crippen LogP contribution in [0, 0.1) is 13.8 Å². The number of fused-ring (bicyclic) bond motifs is 3. The highest BCUT2D eigenvalue weighted by Crippen LogP contribution is 2.58. The third-order valence-corrected chi connectivity index (χ3v) is 12.0. The predicted molar refractivity (Wildman–Crippen MR) is 185 cm³/mol. The van der Waals surface area contributed by atoms with E-state index in [1.165, 1.54) is 49.7 Å². The van der Waals surface area contributed by atoms with Gasteiger partial charge in [-0.25, -0.2) is 13.6 Å². The van der Waals surface area contributed by atoms with E-state index >= 15 is 0 Å². The van der Waals surface area contributed by atoms with Crippen LogP contribution >= 0.6 is 0 Å². The molecule has 4 aromatic rings. The Kier molecular flexibility index (Phi) is 7.57. The molecule has 3 aliphatic carbocycles. The molecule has 6 heteroatoms. The first-order valence-corrected chi connectivity index (χ1v) is 18.2. The quantitative estimate of drug-likeness (QED) is 0.171. The van der Waals surface area contributed by atoms with Crippen LogP contribution in [0.25, 0.3) is 11.1 Å². The maximum atomic E-state index is 12.9. The van der Waals surface area contributed by atoms with Gasteiger partial charge in [0.1, 0.15) is 0 Å². The van der Waals surface area contributed by atoms with Crippen LogP contribution < -0.4 is 16.6 Å². The molecule has 0 atom stereocenters. The Hall–Kier alpha value is -3.61. The lowest BCUT2D eigenvalue weighted by atomic mass is 9.65. The summed E-state index contributed by atoms with van der Waals surface area (Å²) in [6, 6.07) is 23.1. The fourth-order valence-corrected chi connectivity index (χ4v) is 9.35. The summed E-state index contributed by atoms with van der Waals surface area (Å²) in [7, 11) is -3.95. The fraction of sp³-hybridized carbons (Fsp3) is 0.385. The van der Waals surface area contributed by atoms with E-state index in [-0.39, 0.29) is 4.90 Å². The summed E-state index contributed by atoms with van der Waals surface area (Å²) >= 11 is 0. The van der Waals surface area contributed by atoms with Crippen LogP contribution in [0.1, 0.15) is 121 Å². The van der Waals surface area contributed by atoms with Crippen LogP contribution in [0.5, 0.6) is 0 Å². The maximum Gasteiger partial charge on any atom is 0.238 e. The van der Waals surface area contributed by atoms with Crippen molar-refractivity contribution in [3.05, 3.63) is 111 Å². The van der Waals surface area contributed by atoms with Crippen molar-refractivity contribution in [1.29, 1.82) is 0 Å². The number of sulfonamides is 1. The molecule has 0 amide bonds. The number of hydrogen-bond donors (Lipinski definition) is 3. The molecular weight excluding hydrogens is 575 g/mol. The van der Waals surface area contributed by atoms with E-state index in [9.17, 15) is 8.42 Å². The van der Waals surface area contributed by atoms with Crippen molar-refractivity contribution in [1.82, 2.24) is 0 Å². The summed E-state index contributed by atoms with van der Waals surface area (Å²) in [5, 5.41) is 5.79. The minimum absolute atomic E-state index is 0.123. The lowest BCUT2D eigenvalue weighted by Gasteiger charge is -2.37. The Morgan fingerprint density at radius 2 is 1.11 bits per heavy atom. The normalized spacial score (nSPS) is 18.5. The van der Waals surface area contributed by atoms with Crippen LogP contribution in [-0.4, -0.2) is 8.42 Å².